The normalized spacial score (nSPS) is 12.9. The molecule has 0 aromatic carbocycles. The molecule has 7 nitrogen and oxygen atoms in total. The van der Waals surface area contributed by atoms with Crippen LogP contribution < -0.4 is 11.1 Å². The number of carbonyl (C=O) groups excluding carboxylic acids is 2. The molecule has 18 heavy (non-hydrogen) atoms. The van der Waals surface area contributed by atoms with Gasteiger partial charge in [-0.05, 0) is 19.7 Å². The zero-order valence-electron chi connectivity index (χ0n) is 10.7. The molecule has 0 aliphatic rings. The van der Waals surface area contributed by atoms with E-state index in [9.17, 15) is 0 Å². The molecule has 2 atom stereocenters. The molecule has 0 aromatic rings. The molecule has 0 saturated heterocycles. The first-order valence-electron chi connectivity index (χ1n) is 5.93. The maximum atomic E-state index is 8.76. The van der Waals surface area contributed by atoms with Crippen LogP contribution in [0, 0.1) is 0 Å². The monoisotopic (exact) mass is 262 g/mol. The summed E-state index contributed by atoms with van der Waals surface area (Å²) in [5, 5.41) is 29.1. The number of aliphatic hydroxyl groups excluding tert-OH is 1. The van der Waals surface area contributed by atoms with Gasteiger partial charge in [0.1, 0.15) is 0 Å². The number of hydrogen-bond donors (Lipinski definition) is 5. The Bertz CT molecular complexity index is 212. The van der Waals surface area contributed by atoms with Crippen molar-refractivity contribution in [3.05, 3.63) is 0 Å². The van der Waals surface area contributed by atoms with Crippen molar-refractivity contribution in [1.82, 2.24) is 5.32 Å². The molecule has 0 aliphatic heterocycles. The highest BCUT2D eigenvalue weighted by molar-refractivity contribution is 6.40. The Hall–Kier alpha value is -0.755. The van der Waals surface area contributed by atoms with Crippen molar-refractivity contribution in [3.63, 3.8) is 0 Å². The van der Waals surface area contributed by atoms with Crippen molar-refractivity contribution in [2.45, 2.75) is 44.6 Å². The van der Waals surface area contributed by atoms with Gasteiger partial charge in [-0.3, -0.25) is 0 Å². The summed E-state index contributed by atoms with van der Waals surface area (Å²) >= 11 is 0. The summed E-state index contributed by atoms with van der Waals surface area (Å²) in [4.78, 5) is 16.2. The zero-order valence-corrected chi connectivity index (χ0v) is 10.7. The Morgan fingerprint density at radius 1 is 1.33 bits per heavy atom. The van der Waals surface area contributed by atoms with Gasteiger partial charge in [-0.2, -0.15) is 9.59 Å². The molecule has 0 amide bonds. The van der Waals surface area contributed by atoms with Crippen molar-refractivity contribution >= 4 is 13.3 Å². The summed E-state index contributed by atoms with van der Waals surface area (Å²) in [6.45, 7) is 2.70. The van der Waals surface area contributed by atoms with Crippen LogP contribution in [-0.2, 0) is 9.59 Å². The van der Waals surface area contributed by atoms with Crippen LogP contribution in [0.25, 0.3) is 0 Å². The molecule has 0 fully saturated rings. The number of nitrogens with one attached hydrogen (secondary N) is 1. The van der Waals surface area contributed by atoms with Crippen molar-refractivity contribution in [1.29, 1.82) is 0 Å². The summed E-state index contributed by atoms with van der Waals surface area (Å²) in [7, 11) is -1.20. The van der Waals surface area contributed by atoms with Crippen LogP contribution >= 0.6 is 0 Å². The quantitative estimate of drug-likeness (QED) is 0.248. The van der Waals surface area contributed by atoms with E-state index in [-0.39, 0.29) is 24.8 Å². The van der Waals surface area contributed by atoms with Crippen LogP contribution in [0.1, 0.15) is 26.2 Å². The van der Waals surface area contributed by atoms with Gasteiger partial charge < -0.3 is 26.2 Å². The van der Waals surface area contributed by atoms with Crippen LogP contribution in [0.4, 0.5) is 0 Å². The van der Waals surface area contributed by atoms with Gasteiger partial charge in [0, 0.05) is 18.6 Å². The first-order valence-corrected chi connectivity index (χ1v) is 5.93. The summed E-state index contributed by atoms with van der Waals surface area (Å²) in [5.74, 6) is 0. The van der Waals surface area contributed by atoms with Crippen LogP contribution in [0.2, 0.25) is 6.32 Å². The fourth-order valence-corrected chi connectivity index (χ4v) is 1.25. The zero-order chi connectivity index (χ0) is 14.4. The summed E-state index contributed by atoms with van der Waals surface area (Å²) in [6.07, 6.45) is 3.19. The van der Waals surface area contributed by atoms with E-state index in [0.29, 0.717) is 12.9 Å². The molecular formula is C10H23BN2O5. The van der Waals surface area contributed by atoms with Gasteiger partial charge in [-0.1, -0.05) is 12.8 Å². The molecule has 0 bridgehead atoms. The summed E-state index contributed by atoms with van der Waals surface area (Å²) in [5.41, 5.74) is 5.82. The van der Waals surface area contributed by atoms with Crippen molar-refractivity contribution in [2.75, 3.05) is 13.2 Å². The minimum atomic E-state index is -1.20. The van der Waals surface area contributed by atoms with E-state index in [1.54, 1.807) is 0 Å². The standard InChI is InChI=1S/C9H23BN2O3.CO2/c1-8(7-13)12-6-9(11)4-2-3-5-10(14)15;2-1-3/h8-9,12-15H,2-7,11H2,1H3;. The van der Waals surface area contributed by atoms with Crippen LogP contribution in [0.15, 0.2) is 0 Å². The topological polar surface area (TPSA) is 133 Å². The number of nitrogens with two attached hydrogens (primary N) is 1. The lowest BCUT2D eigenvalue weighted by Crippen LogP contribution is -2.39. The highest BCUT2D eigenvalue weighted by Gasteiger charge is 2.08. The molecule has 106 valence electrons. The second kappa shape index (κ2) is 14.3. The molecule has 6 N–H and O–H groups in total. The molecule has 0 rings (SSSR count). The van der Waals surface area contributed by atoms with Crippen molar-refractivity contribution in [3.8, 4) is 0 Å². The summed E-state index contributed by atoms with van der Waals surface area (Å²) in [6, 6.07) is 0.144. The van der Waals surface area contributed by atoms with E-state index >= 15 is 0 Å². The number of aliphatic hydroxyl groups is 1. The molecule has 0 saturated carbocycles. The third-order valence-corrected chi connectivity index (χ3v) is 2.29. The molecule has 0 aliphatic carbocycles. The Balaban J connectivity index is 0. The SMILES string of the molecule is CC(CO)NCC(N)CCCCB(O)O.O=C=O. The number of unbranched alkanes of at least 4 members (excludes halogenated alkanes) is 1. The predicted molar refractivity (Wildman–Crippen MR) is 66.4 cm³/mol. The van der Waals surface area contributed by atoms with Gasteiger partial charge in [0.2, 0.25) is 0 Å². The molecule has 0 heterocycles. The second-order valence-electron chi connectivity index (χ2n) is 4.10. The smallest absolute Gasteiger partial charge is 0.427 e. The molecular weight excluding hydrogens is 239 g/mol. The minimum Gasteiger partial charge on any atom is -0.427 e. The first kappa shape index (κ1) is 19.6. The molecule has 2 unspecified atom stereocenters. The third kappa shape index (κ3) is 17.6. The molecule has 0 spiro atoms. The van der Waals surface area contributed by atoms with Crippen LogP contribution in [0.3, 0.4) is 0 Å². The van der Waals surface area contributed by atoms with E-state index in [1.165, 1.54) is 0 Å². The first-order chi connectivity index (χ1) is 8.47. The fourth-order valence-electron chi connectivity index (χ4n) is 1.25. The van der Waals surface area contributed by atoms with E-state index < -0.39 is 7.12 Å². The van der Waals surface area contributed by atoms with E-state index in [4.69, 9.17) is 30.5 Å². The van der Waals surface area contributed by atoms with Gasteiger partial charge in [0.25, 0.3) is 0 Å². The highest BCUT2D eigenvalue weighted by atomic mass is 16.4. The van der Waals surface area contributed by atoms with E-state index in [1.807, 2.05) is 6.92 Å². The van der Waals surface area contributed by atoms with Crippen LogP contribution in [-0.4, -0.2) is 53.7 Å². The van der Waals surface area contributed by atoms with E-state index in [0.717, 1.165) is 19.3 Å². The largest absolute Gasteiger partial charge is 0.451 e. The number of hydrogen-bond acceptors (Lipinski definition) is 7. The highest BCUT2D eigenvalue weighted by Crippen LogP contribution is 2.03. The minimum absolute atomic E-state index is 0.0647. The van der Waals surface area contributed by atoms with E-state index in [2.05, 4.69) is 5.32 Å². The fraction of sp³-hybridized carbons (Fsp3) is 0.900. The Labute approximate surface area is 108 Å². The third-order valence-electron chi connectivity index (χ3n) is 2.29. The van der Waals surface area contributed by atoms with Crippen molar-refractivity contribution in [2.24, 2.45) is 5.73 Å². The summed E-state index contributed by atoms with van der Waals surface area (Å²) < 4.78 is 0. The Morgan fingerprint density at radius 3 is 2.33 bits per heavy atom. The lowest BCUT2D eigenvalue weighted by Gasteiger charge is -2.15. The predicted octanol–water partition coefficient (Wildman–Crippen LogP) is -1.66. The average Bonchev–Trinajstić information content (AvgIpc) is 2.32. The maximum absolute atomic E-state index is 8.76. The van der Waals surface area contributed by atoms with Gasteiger partial charge in [-0.25, -0.2) is 0 Å². The van der Waals surface area contributed by atoms with Crippen LogP contribution in [0.5, 0.6) is 0 Å². The van der Waals surface area contributed by atoms with Gasteiger partial charge >= 0.3 is 13.3 Å². The lowest BCUT2D eigenvalue weighted by molar-refractivity contribution is -0.191. The average molecular weight is 262 g/mol. The molecule has 0 aromatic heterocycles. The Morgan fingerprint density at radius 2 is 1.89 bits per heavy atom. The van der Waals surface area contributed by atoms with Gasteiger partial charge in [-0.15, -0.1) is 0 Å². The number of rotatable bonds is 9. The lowest BCUT2D eigenvalue weighted by atomic mass is 9.83. The Kier molecular flexibility index (Phi) is 15.6. The molecule has 0 radical (unpaired) electrons. The van der Waals surface area contributed by atoms with Crippen molar-refractivity contribution < 1.29 is 24.7 Å². The van der Waals surface area contributed by atoms with Gasteiger partial charge in [0.05, 0.1) is 6.61 Å². The van der Waals surface area contributed by atoms with Gasteiger partial charge in [0.15, 0.2) is 0 Å². The molecule has 8 heteroatoms. The maximum Gasteiger partial charge on any atom is 0.451 e. The second-order valence-corrected chi connectivity index (χ2v) is 4.10.